The van der Waals surface area contributed by atoms with Crippen molar-refractivity contribution in [3.05, 3.63) is 201 Å². The molecule has 0 radical (unpaired) electrons. The summed E-state index contributed by atoms with van der Waals surface area (Å²) in [4.78, 5) is 49.8. The second-order valence-electron chi connectivity index (χ2n) is 16.7. The predicted molar refractivity (Wildman–Crippen MR) is 265 cm³/mol. The fraction of sp³-hybridized carbons (Fsp3) is 0.185. The van der Waals surface area contributed by atoms with E-state index in [1.165, 1.54) is 20.7 Å². The summed E-state index contributed by atoms with van der Waals surface area (Å²) >= 11 is -3.39. The largest absolute Gasteiger partial charge is 0.478 e. The molecule has 0 aliphatic carbocycles. The summed E-state index contributed by atoms with van der Waals surface area (Å²) in [5.41, 5.74) is 7.16. The number of carbonyl (C=O) groups excluding carboxylic acids is 3. The van der Waals surface area contributed by atoms with Gasteiger partial charge in [-0.3, -0.25) is 18.2 Å². The summed E-state index contributed by atoms with van der Waals surface area (Å²) in [5, 5.41) is 9.05. The zero-order valence-electron chi connectivity index (χ0n) is 38.1. The van der Waals surface area contributed by atoms with Gasteiger partial charge < -0.3 is 9.84 Å². The van der Waals surface area contributed by atoms with E-state index >= 15 is 0 Å². The lowest BCUT2D eigenvalue weighted by Crippen LogP contribution is -2.45. The molecule has 12 nitrogen and oxygen atoms in total. The topological polar surface area (TPSA) is 145 Å². The van der Waals surface area contributed by atoms with E-state index in [1.807, 2.05) is 93.6 Å². The summed E-state index contributed by atoms with van der Waals surface area (Å²) in [7, 11) is 3.36. The first-order chi connectivity index (χ1) is 32.6. The summed E-state index contributed by atoms with van der Waals surface area (Å²) in [5.74, 6) is 10.4. The predicted octanol–water partition coefficient (Wildman–Crippen LogP) is 8.56. The van der Waals surface area contributed by atoms with Crippen molar-refractivity contribution in [3.8, 4) is 23.7 Å². The molecule has 2 atom stereocenters. The highest BCUT2D eigenvalue weighted by Gasteiger charge is 2.35. The normalized spacial score (nSPS) is 15.1. The van der Waals surface area contributed by atoms with Crippen LogP contribution in [0, 0.1) is 23.7 Å². The van der Waals surface area contributed by atoms with Crippen LogP contribution < -0.4 is 8.61 Å². The first-order valence-corrected chi connectivity index (χ1v) is 23.6. The molecule has 2 unspecified atom stereocenters. The van der Waals surface area contributed by atoms with E-state index in [4.69, 9.17) is 9.84 Å². The highest BCUT2D eigenvalue weighted by Crippen LogP contribution is 2.32. The van der Waals surface area contributed by atoms with E-state index in [0.717, 1.165) is 22.3 Å². The molecule has 0 saturated heterocycles. The highest BCUT2D eigenvalue weighted by molar-refractivity contribution is 7.85. The van der Waals surface area contributed by atoms with Crippen LogP contribution in [0.3, 0.4) is 0 Å². The standard InChI is InChI=1S/C29H28N2O4S.C25H20N2O4S/c1-29(2,3)35-28(33)24-16-13-23(14-17-24)20-31-27(32)25-19-22(15-18-26(25)30(4)36(31)34)12-8-11-21-9-6-5-7-10-21;1-26-23-15-12-19(9-5-8-18-6-3-2-4-7-18)16-22(23)24(28)27(32(26)31)17-20-10-13-21(14-11-20)25(29)30/h5-7,9-10,13-19H,11,20H2,1-4H3;2-4,6-7,10-16H,8,17H2,1H3,(H,29,30). The maximum Gasteiger partial charge on any atom is 0.338 e. The summed E-state index contributed by atoms with van der Waals surface area (Å²) < 4.78 is 37.1. The number of aromatic carboxylic acids is 1. The van der Waals surface area contributed by atoms with Gasteiger partial charge in [0.25, 0.3) is 11.8 Å². The Morgan fingerprint density at radius 2 is 0.956 bits per heavy atom. The number of esters is 1. The van der Waals surface area contributed by atoms with Crippen LogP contribution in [0.25, 0.3) is 0 Å². The Morgan fingerprint density at radius 1 is 0.559 bits per heavy atom. The molecule has 68 heavy (non-hydrogen) atoms. The Morgan fingerprint density at radius 3 is 1.34 bits per heavy atom. The van der Waals surface area contributed by atoms with Gasteiger partial charge in [0.05, 0.1) is 46.7 Å². The number of ether oxygens (including phenoxy) is 1. The van der Waals surface area contributed by atoms with Crippen molar-refractivity contribution >= 4 is 57.5 Å². The van der Waals surface area contributed by atoms with E-state index in [2.05, 4.69) is 23.7 Å². The monoisotopic (exact) mass is 944 g/mol. The third kappa shape index (κ3) is 11.8. The van der Waals surface area contributed by atoms with Gasteiger partial charge in [0.2, 0.25) is 22.3 Å². The van der Waals surface area contributed by atoms with Crippen LogP contribution in [-0.4, -0.2) is 65.6 Å². The number of hydrogen-bond acceptors (Lipinski definition) is 7. The summed E-state index contributed by atoms with van der Waals surface area (Å²) in [6.07, 6.45) is 1.22. The molecule has 14 heteroatoms. The number of carboxylic acid groups (broad SMARTS) is 1. The van der Waals surface area contributed by atoms with Gasteiger partial charge in [0.1, 0.15) is 5.60 Å². The van der Waals surface area contributed by atoms with E-state index in [0.29, 0.717) is 52.0 Å². The van der Waals surface area contributed by atoms with E-state index in [1.54, 1.807) is 83.4 Å². The van der Waals surface area contributed by atoms with Gasteiger partial charge in [0.15, 0.2) is 0 Å². The summed E-state index contributed by atoms with van der Waals surface area (Å²) in [6.45, 7) is 5.66. The quantitative estimate of drug-likeness (QED) is 0.118. The van der Waals surface area contributed by atoms with Crippen LogP contribution in [0.4, 0.5) is 11.4 Å². The number of hydrogen-bond donors (Lipinski definition) is 1. The van der Waals surface area contributed by atoms with Gasteiger partial charge in [0, 0.05) is 38.1 Å². The molecule has 0 spiro atoms. The Kier molecular flexibility index (Phi) is 15.0. The number of nitrogens with zero attached hydrogens (tertiary/aromatic N) is 4. The molecular formula is C54H48N4O8S2. The molecule has 2 heterocycles. The number of fused-ring (bicyclic) bond motifs is 2. The van der Waals surface area contributed by atoms with Crippen molar-refractivity contribution in [1.29, 1.82) is 0 Å². The number of benzene rings is 6. The van der Waals surface area contributed by atoms with Gasteiger partial charge in [-0.15, -0.1) is 0 Å². The fourth-order valence-electron chi connectivity index (χ4n) is 7.10. The average Bonchev–Trinajstić information content (AvgIpc) is 3.33. The maximum absolute atomic E-state index is 13.3. The molecule has 2 aliphatic heterocycles. The first-order valence-electron chi connectivity index (χ1n) is 21.5. The molecule has 6 aromatic rings. The van der Waals surface area contributed by atoms with Crippen molar-refractivity contribution in [2.75, 3.05) is 22.7 Å². The molecule has 0 aromatic heterocycles. The summed E-state index contributed by atoms with van der Waals surface area (Å²) in [6, 6.07) is 43.5. The zero-order valence-corrected chi connectivity index (χ0v) is 39.7. The first kappa shape index (κ1) is 48.2. The van der Waals surface area contributed by atoms with E-state index in [-0.39, 0.29) is 30.5 Å². The van der Waals surface area contributed by atoms with E-state index in [9.17, 15) is 27.6 Å². The number of amides is 2. The van der Waals surface area contributed by atoms with Gasteiger partial charge in [-0.25, -0.2) is 26.6 Å². The van der Waals surface area contributed by atoms with E-state index < -0.39 is 39.9 Å². The second kappa shape index (κ2) is 21.2. The molecule has 8 rings (SSSR count). The van der Waals surface area contributed by atoms with Crippen molar-refractivity contribution in [2.24, 2.45) is 0 Å². The molecule has 2 aliphatic rings. The minimum absolute atomic E-state index is 0.0963. The lowest BCUT2D eigenvalue weighted by Gasteiger charge is -2.33. The molecule has 6 aromatic carbocycles. The third-order valence-corrected chi connectivity index (χ3v) is 13.3. The number of carbonyl (C=O) groups is 4. The van der Waals surface area contributed by atoms with Gasteiger partial charge >= 0.3 is 11.9 Å². The Hall–Kier alpha value is -7.78. The Labute approximate surface area is 401 Å². The number of rotatable bonds is 8. The Bertz CT molecular complexity index is 3040. The minimum atomic E-state index is -1.70. The van der Waals surface area contributed by atoms with Gasteiger partial charge in [-0.05, 0) is 104 Å². The molecule has 344 valence electrons. The SMILES string of the molecule is CN1c2ccc(C#CCc3ccccc3)cc2C(=O)N(Cc2ccc(C(=O)O)cc2)S1=O.CN1c2ccc(C#CCc3ccccc3)cc2C(=O)N(Cc2ccc(C(=O)OC(C)(C)C)cc2)S1=O. The molecule has 0 bridgehead atoms. The maximum atomic E-state index is 13.3. The van der Waals surface area contributed by atoms with Crippen LogP contribution in [-0.2, 0) is 53.0 Å². The lowest BCUT2D eigenvalue weighted by atomic mass is 10.1. The highest BCUT2D eigenvalue weighted by atomic mass is 32.2. The second-order valence-corrected chi connectivity index (χ2v) is 19.6. The molecule has 2 amide bonds. The molecule has 0 saturated carbocycles. The number of anilines is 2. The van der Waals surface area contributed by atoms with Crippen LogP contribution in [0.1, 0.15) is 95.6 Å². The minimum Gasteiger partial charge on any atom is -0.478 e. The molecule has 0 fully saturated rings. The third-order valence-electron chi connectivity index (χ3n) is 10.6. The van der Waals surface area contributed by atoms with Crippen LogP contribution in [0.5, 0.6) is 0 Å². The van der Waals surface area contributed by atoms with Crippen molar-refractivity contribution in [2.45, 2.75) is 52.3 Å². The van der Waals surface area contributed by atoms with Gasteiger partial charge in [-0.1, -0.05) is 109 Å². The van der Waals surface area contributed by atoms with Crippen molar-refractivity contribution in [3.63, 3.8) is 0 Å². The molecule has 1 N–H and O–H groups in total. The van der Waals surface area contributed by atoms with Crippen LogP contribution in [0.15, 0.2) is 146 Å². The average molecular weight is 945 g/mol. The lowest BCUT2D eigenvalue weighted by molar-refractivity contribution is 0.00689. The van der Waals surface area contributed by atoms with Crippen LogP contribution in [0.2, 0.25) is 0 Å². The van der Waals surface area contributed by atoms with Crippen molar-refractivity contribution < 1.29 is 37.4 Å². The number of carboxylic acids is 1. The van der Waals surface area contributed by atoms with Crippen LogP contribution >= 0.6 is 0 Å². The van der Waals surface area contributed by atoms with Gasteiger partial charge in [-0.2, -0.15) is 0 Å². The Balaban J connectivity index is 0.000000203. The molecular weight excluding hydrogens is 897 g/mol. The fourth-order valence-corrected chi connectivity index (χ4v) is 9.35. The zero-order chi connectivity index (χ0) is 48.5. The van der Waals surface area contributed by atoms with Crippen molar-refractivity contribution in [1.82, 2.24) is 8.61 Å². The smallest absolute Gasteiger partial charge is 0.338 e.